The van der Waals surface area contributed by atoms with Gasteiger partial charge in [0, 0.05) is 12.5 Å². The highest BCUT2D eigenvalue weighted by atomic mass is 15.0. The normalized spacial score (nSPS) is 10.1. The number of aromatic nitrogens is 2. The lowest BCUT2D eigenvalue weighted by atomic mass is 10.1. The first-order valence-electron chi connectivity index (χ1n) is 4.67. The summed E-state index contributed by atoms with van der Waals surface area (Å²) in [5.74, 6) is 0.634. The second-order valence-corrected chi connectivity index (χ2v) is 3.30. The topological polar surface area (TPSA) is 77.8 Å². The van der Waals surface area contributed by atoms with Gasteiger partial charge in [-0.25, -0.2) is 4.98 Å². The van der Waals surface area contributed by atoms with Crippen molar-refractivity contribution in [3.8, 4) is 0 Å². The Bertz CT molecular complexity index is 433. The first-order chi connectivity index (χ1) is 7.24. The van der Waals surface area contributed by atoms with E-state index in [-0.39, 0.29) is 5.95 Å². The standard InChI is InChI=1S/C11H12N4/c12-10-7-9(14-11(13)15-10)6-8-4-2-1-3-5-8/h1-5,7H,6H2,(H4,12,13,14,15). The monoisotopic (exact) mass is 200 g/mol. The Labute approximate surface area is 88.0 Å². The summed E-state index contributed by atoms with van der Waals surface area (Å²) in [5, 5.41) is 0. The molecule has 0 radical (unpaired) electrons. The Morgan fingerprint density at radius 1 is 1.00 bits per heavy atom. The van der Waals surface area contributed by atoms with Gasteiger partial charge >= 0.3 is 0 Å². The minimum absolute atomic E-state index is 0.223. The number of anilines is 2. The second kappa shape index (κ2) is 3.96. The van der Waals surface area contributed by atoms with Crippen LogP contribution in [0.5, 0.6) is 0 Å². The molecule has 0 unspecified atom stereocenters. The van der Waals surface area contributed by atoms with E-state index in [1.165, 1.54) is 5.56 Å². The second-order valence-electron chi connectivity index (χ2n) is 3.30. The summed E-state index contributed by atoms with van der Waals surface area (Å²) in [6, 6.07) is 11.8. The minimum Gasteiger partial charge on any atom is -0.384 e. The van der Waals surface area contributed by atoms with Crippen LogP contribution in [0.25, 0.3) is 0 Å². The summed E-state index contributed by atoms with van der Waals surface area (Å²) in [4.78, 5) is 7.94. The Morgan fingerprint density at radius 2 is 1.73 bits per heavy atom. The van der Waals surface area contributed by atoms with Gasteiger partial charge in [-0.3, -0.25) is 0 Å². The summed E-state index contributed by atoms with van der Waals surface area (Å²) in [6.07, 6.45) is 0.720. The third kappa shape index (κ3) is 2.43. The molecule has 4 N–H and O–H groups in total. The van der Waals surface area contributed by atoms with Crippen molar-refractivity contribution in [1.29, 1.82) is 0 Å². The van der Waals surface area contributed by atoms with E-state index in [1.54, 1.807) is 6.07 Å². The van der Waals surface area contributed by atoms with Crippen molar-refractivity contribution in [1.82, 2.24) is 9.97 Å². The zero-order valence-corrected chi connectivity index (χ0v) is 8.22. The number of rotatable bonds is 2. The van der Waals surface area contributed by atoms with Crippen LogP contribution in [0, 0.1) is 0 Å². The van der Waals surface area contributed by atoms with Crippen molar-refractivity contribution in [2.24, 2.45) is 0 Å². The first-order valence-corrected chi connectivity index (χ1v) is 4.67. The number of nitrogens with zero attached hydrogens (tertiary/aromatic N) is 2. The van der Waals surface area contributed by atoms with Gasteiger partial charge in [0.1, 0.15) is 5.82 Å². The maximum Gasteiger partial charge on any atom is 0.222 e. The van der Waals surface area contributed by atoms with Crippen molar-refractivity contribution in [2.75, 3.05) is 11.5 Å². The van der Waals surface area contributed by atoms with Gasteiger partial charge in [-0.2, -0.15) is 4.98 Å². The highest BCUT2D eigenvalue weighted by Crippen LogP contribution is 2.10. The van der Waals surface area contributed by atoms with Crippen LogP contribution in [0.4, 0.5) is 11.8 Å². The lowest BCUT2D eigenvalue weighted by Crippen LogP contribution is -2.03. The fourth-order valence-corrected chi connectivity index (χ4v) is 1.44. The lowest BCUT2D eigenvalue weighted by Gasteiger charge is -2.02. The van der Waals surface area contributed by atoms with E-state index in [9.17, 15) is 0 Å². The molecule has 4 heteroatoms. The third-order valence-electron chi connectivity index (χ3n) is 2.04. The molecule has 0 fully saturated rings. The molecule has 0 amide bonds. The van der Waals surface area contributed by atoms with Crippen molar-refractivity contribution in [3.05, 3.63) is 47.7 Å². The Hall–Kier alpha value is -2.10. The lowest BCUT2D eigenvalue weighted by molar-refractivity contribution is 1.04. The van der Waals surface area contributed by atoms with Crippen LogP contribution in [-0.2, 0) is 6.42 Å². The molecule has 4 nitrogen and oxygen atoms in total. The van der Waals surface area contributed by atoms with Crippen molar-refractivity contribution >= 4 is 11.8 Å². The Morgan fingerprint density at radius 3 is 2.40 bits per heavy atom. The molecule has 0 atom stereocenters. The van der Waals surface area contributed by atoms with Gasteiger partial charge in [0.15, 0.2) is 0 Å². The highest BCUT2D eigenvalue weighted by molar-refractivity contribution is 5.37. The highest BCUT2D eigenvalue weighted by Gasteiger charge is 2.00. The van der Waals surface area contributed by atoms with E-state index >= 15 is 0 Å². The van der Waals surface area contributed by atoms with E-state index in [0.29, 0.717) is 5.82 Å². The van der Waals surface area contributed by atoms with Crippen LogP contribution < -0.4 is 11.5 Å². The van der Waals surface area contributed by atoms with Gasteiger partial charge in [-0.1, -0.05) is 30.3 Å². The molecule has 0 saturated heterocycles. The fraction of sp³-hybridized carbons (Fsp3) is 0.0909. The number of nitrogens with two attached hydrogens (primary N) is 2. The zero-order valence-electron chi connectivity index (χ0n) is 8.22. The summed E-state index contributed by atoms with van der Waals surface area (Å²) in [5.41, 5.74) is 13.1. The van der Waals surface area contributed by atoms with E-state index < -0.39 is 0 Å². The van der Waals surface area contributed by atoms with Crippen molar-refractivity contribution in [2.45, 2.75) is 6.42 Å². The molecule has 15 heavy (non-hydrogen) atoms. The Balaban J connectivity index is 2.25. The van der Waals surface area contributed by atoms with Gasteiger partial charge in [-0.05, 0) is 5.56 Å². The molecule has 2 rings (SSSR count). The molecular weight excluding hydrogens is 188 g/mol. The van der Waals surface area contributed by atoms with Gasteiger partial charge in [-0.15, -0.1) is 0 Å². The Kier molecular flexibility index (Phi) is 2.49. The molecule has 0 aliphatic rings. The number of hydrogen-bond donors (Lipinski definition) is 2. The smallest absolute Gasteiger partial charge is 0.222 e. The summed E-state index contributed by atoms with van der Waals surface area (Å²) < 4.78 is 0. The molecule has 1 heterocycles. The molecule has 0 saturated carbocycles. The van der Waals surface area contributed by atoms with Gasteiger partial charge in [0.2, 0.25) is 5.95 Å². The molecule has 0 bridgehead atoms. The van der Waals surface area contributed by atoms with Crippen LogP contribution in [0.1, 0.15) is 11.3 Å². The maximum absolute atomic E-state index is 5.58. The molecule has 2 aromatic rings. The zero-order chi connectivity index (χ0) is 10.7. The van der Waals surface area contributed by atoms with Gasteiger partial charge in [0.25, 0.3) is 0 Å². The van der Waals surface area contributed by atoms with Gasteiger partial charge in [0.05, 0.1) is 5.69 Å². The average molecular weight is 200 g/mol. The molecule has 0 spiro atoms. The predicted octanol–water partition coefficient (Wildman–Crippen LogP) is 1.23. The fourth-order valence-electron chi connectivity index (χ4n) is 1.44. The van der Waals surface area contributed by atoms with Crippen molar-refractivity contribution < 1.29 is 0 Å². The molecule has 1 aromatic carbocycles. The van der Waals surface area contributed by atoms with Crippen LogP contribution >= 0.6 is 0 Å². The van der Waals surface area contributed by atoms with Crippen LogP contribution in [0.15, 0.2) is 36.4 Å². The number of nitrogen functional groups attached to an aromatic ring is 2. The number of hydrogen-bond acceptors (Lipinski definition) is 4. The molecule has 0 aliphatic heterocycles. The largest absolute Gasteiger partial charge is 0.384 e. The molecule has 0 aliphatic carbocycles. The third-order valence-corrected chi connectivity index (χ3v) is 2.04. The molecular formula is C11H12N4. The quantitative estimate of drug-likeness (QED) is 0.764. The SMILES string of the molecule is Nc1cc(Cc2ccccc2)nc(N)n1. The van der Waals surface area contributed by atoms with E-state index in [4.69, 9.17) is 11.5 Å². The maximum atomic E-state index is 5.58. The predicted molar refractivity (Wildman–Crippen MR) is 60.1 cm³/mol. The van der Waals surface area contributed by atoms with E-state index in [2.05, 4.69) is 9.97 Å². The number of benzene rings is 1. The van der Waals surface area contributed by atoms with Crippen LogP contribution in [0.3, 0.4) is 0 Å². The van der Waals surface area contributed by atoms with Gasteiger partial charge < -0.3 is 11.5 Å². The minimum atomic E-state index is 0.223. The molecule has 76 valence electrons. The first kappa shape index (κ1) is 9.45. The summed E-state index contributed by atoms with van der Waals surface area (Å²) in [7, 11) is 0. The summed E-state index contributed by atoms with van der Waals surface area (Å²) >= 11 is 0. The summed E-state index contributed by atoms with van der Waals surface area (Å²) in [6.45, 7) is 0. The molecule has 1 aromatic heterocycles. The average Bonchev–Trinajstić information content (AvgIpc) is 2.17. The van der Waals surface area contributed by atoms with Crippen LogP contribution in [-0.4, -0.2) is 9.97 Å². The van der Waals surface area contributed by atoms with Crippen LogP contribution in [0.2, 0.25) is 0 Å². The van der Waals surface area contributed by atoms with E-state index in [0.717, 1.165) is 12.1 Å². The van der Waals surface area contributed by atoms with Crippen molar-refractivity contribution in [3.63, 3.8) is 0 Å². The van der Waals surface area contributed by atoms with E-state index in [1.807, 2.05) is 30.3 Å².